The molecule has 0 fully saturated rings. The van der Waals surface area contributed by atoms with Crippen LogP contribution >= 0.6 is 0 Å². The molecule has 3 aromatic rings. The van der Waals surface area contributed by atoms with E-state index in [-0.39, 0.29) is 17.8 Å². The van der Waals surface area contributed by atoms with E-state index in [0.717, 1.165) is 5.56 Å². The van der Waals surface area contributed by atoms with Crippen LogP contribution in [0, 0.1) is 6.92 Å². The van der Waals surface area contributed by atoms with Crippen molar-refractivity contribution < 1.29 is 23.4 Å². The number of nitrogens with zero attached hydrogens (tertiary/aromatic N) is 2. The zero-order valence-electron chi connectivity index (χ0n) is 17.5. The third kappa shape index (κ3) is 4.71. The standard InChI is InChI=1S/C22H25N3O5/c1-5-27-17-12-15(13-18(28-6-2)19(17)29-7-3)21-24-25-22(30-21)23-20(26)16-11-9-8-10-14(16)4/h8-13H,5-7H2,1-4H3,(H,23,25,26). The second-order valence-electron chi connectivity index (χ2n) is 6.28. The van der Waals surface area contributed by atoms with Gasteiger partial charge in [-0.3, -0.25) is 10.1 Å². The largest absolute Gasteiger partial charge is 0.490 e. The van der Waals surface area contributed by atoms with Crippen LogP contribution in [0.5, 0.6) is 17.2 Å². The average molecular weight is 411 g/mol. The number of carbonyl (C=O) groups excluding carboxylic acids is 1. The van der Waals surface area contributed by atoms with Crippen molar-refractivity contribution in [2.75, 3.05) is 25.1 Å². The second-order valence-corrected chi connectivity index (χ2v) is 6.28. The fourth-order valence-electron chi connectivity index (χ4n) is 2.89. The third-order valence-electron chi connectivity index (χ3n) is 4.19. The summed E-state index contributed by atoms with van der Waals surface area (Å²) in [6.45, 7) is 8.89. The first-order valence-corrected chi connectivity index (χ1v) is 9.84. The molecule has 30 heavy (non-hydrogen) atoms. The summed E-state index contributed by atoms with van der Waals surface area (Å²) in [4.78, 5) is 12.5. The minimum absolute atomic E-state index is 0.00283. The summed E-state index contributed by atoms with van der Waals surface area (Å²) in [5, 5.41) is 10.6. The first-order valence-electron chi connectivity index (χ1n) is 9.84. The van der Waals surface area contributed by atoms with Gasteiger partial charge in [0, 0.05) is 11.1 Å². The topological polar surface area (TPSA) is 95.7 Å². The number of rotatable bonds is 9. The molecule has 0 aliphatic carbocycles. The van der Waals surface area contributed by atoms with Gasteiger partial charge in [0.15, 0.2) is 11.5 Å². The molecular weight excluding hydrogens is 386 g/mol. The molecule has 2 aromatic carbocycles. The van der Waals surface area contributed by atoms with E-state index in [1.807, 2.05) is 39.8 Å². The first-order chi connectivity index (χ1) is 14.6. The van der Waals surface area contributed by atoms with E-state index in [1.165, 1.54) is 0 Å². The van der Waals surface area contributed by atoms with Crippen molar-refractivity contribution in [2.45, 2.75) is 27.7 Å². The molecule has 1 amide bonds. The van der Waals surface area contributed by atoms with Crippen LogP contribution in [0.4, 0.5) is 6.01 Å². The van der Waals surface area contributed by atoms with Crippen molar-refractivity contribution in [1.82, 2.24) is 10.2 Å². The predicted octanol–water partition coefficient (Wildman–Crippen LogP) is 4.49. The van der Waals surface area contributed by atoms with Crippen molar-refractivity contribution in [1.29, 1.82) is 0 Å². The van der Waals surface area contributed by atoms with E-state index in [9.17, 15) is 4.79 Å². The van der Waals surface area contributed by atoms with Gasteiger partial charge in [-0.2, -0.15) is 0 Å². The van der Waals surface area contributed by atoms with E-state index in [4.69, 9.17) is 18.6 Å². The first kappa shape index (κ1) is 21.2. The summed E-state index contributed by atoms with van der Waals surface area (Å²) in [5.74, 6) is 1.46. The van der Waals surface area contributed by atoms with Crippen LogP contribution in [-0.2, 0) is 0 Å². The van der Waals surface area contributed by atoms with Gasteiger partial charge in [0.05, 0.1) is 19.8 Å². The normalized spacial score (nSPS) is 10.5. The van der Waals surface area contributed by atoms with Crippen LogP contribution < -0.4 is 19.5 Å². The molecular formula is C22H25N3O5. The van der Waals surface area contributed by atoms with Crippen LogP contribution in [0.1, 0.15) is 36.7 Å². The van der Waals surface area contributed by atoms with Crippen molar-refractivity contribution in [3.8, 4) is 28.7 Å². The summed E-state index contributed by atoms with van der Waals surface area (Å²) in [6, 6.07) is 10.8. The number of anilines is 1. The number of hydrogen-bond donors (Lipinski definition) is 1. The number of carbonyl (C=O) groups is 1. The molecule has 8 heteroatoms. The molecule has 1 N–H and O–H groups in total. The minimum atomic E-state index is -0.319. The zero-order valence-corrected chi connectivity index (χ0v) is 17.5. The summed E-state index contributed by atoms with van der Waals surface area (Å²) >= 11 is 0. The fraction of sp³-hybridized carbons (Fsp3) is 0.318. The summed E-state index contributed by atoms with van der Waals surface area (Å²) in [6.07, 6.45) is 0. The lowest BCUT2D eigenvalue weighted by Gasteiger charge is -2.16. The maximum Gasteiger partial charge on any atom is 0.322 e. The van der Waals surface area contributed by atoms with Gasteiger partial charge in [-0.05, 0) is 51.5 Å². The highest BCUT2D eigenvalue weighted by atomic mass is 16.5. The molecule has 0 bridgehead atoms. The molecule has 0 aliphatic heterocycles. The average Bonchev–Trinajstić information content (AvgIpc) is 3.19. The van der Waals surface area contributed by atoms with E-state index in [1.54, 1.807) is 24.3 Å². The Morgan fingerprint density at radius 1 is 0.967 bits per heavy atom. The van der Waals surface area contributed by atoms with Gasteiger partial charge in [0.25, 0.3) is 5.91 Å². The Kier molecular flexibility index (Phi) is 6.90. The zero-order chi connectivity index (χ0) is 21.5. The molecule has 0 unspecified atom stereocenters. The highest BCUT2D eigenvalue weighted by Gasteiger charge is 2.19. The highest BCUT2D eigenvalue weighted by Crippen LogP contribution is 2.41. The van der Waals surface area contributed by atoms with Crippen LogP contribution in [0.2, 0.25) is 0 Å². The summed E-state index contributed by atoms with van der Waals surface area (Å²) < 4.78 is 22.8. The van der Waals surface area contributed by atoms with Gasteiger partial charge < -0.3 is 18.6 Å². The smallest absolute Gasteiger partial charge is 0.322 e. The Labute approximate surface area is 175 Å². The number of aromatic nitrogens is 2. The van der Waals surface area contributed by atoms with Crippen LogP contribution in [0.25, 0.3) is 11.5 Å². The van der Waals surface area contributed by atoms with E-state index >= 15 is 0 Å². The lowest BCUT2D eigenvalue weighted by atomic mass is 10.1. The Hall–Kier alpha value is -3.55. The van der Waals surface area contributed by atoms with Crippen molar-refractivity contribution in [3.05, 3.63) is 47.5 Å². The van der Waals surface area contributed by atoms with E-state index in [0.29, 0.717) is 48.2 Å². The number of benzene rings is 2. The molecule has 0 spiro atoms. The number of aryl methyl sites for hydroxylation is 1. The van der Waals surface area contributed by atoms with Gasteiger partial charge in [-0.15, -0.1) is 5.10 Å². The molecule has 8 nitrogen and oxygen atoms in total. The number of nitrogens with one attached hydrogen (secondary N) is 1. The van der Waals surface area contributed by atoms with Gasteiger partial charge in [-0.25, -0.2) is 0 Å². The lowest BCUT2D eigenvalue weighted by molar-refractivity contribution is 0.102. The van der Waals surface area contributed by atoms with Crippen molar-refractivity contribution in [3.63, 3.8) is 0 Å². The van der Waals surface area contributed by atoms with E-state index in [2.05, 4.69) is 15.5 Å². The maximum absolute atomic E-state index is 12.5. The molecule has 0 radical (unpaired) electrons. The summed E-state index contributed by atoms with van der Waals surface area (Å²) in [7, 11) is 0. The molecule has 0 aliphatic rings. The molecule has 1 aromatic heterocycles. The van der Waals surface area contributed by atoms with Crippen molar-refractivity contribution in [2.24, 2.45) is 0 Å². The van der Waals surface area contributed by atoms with Crippen LogP contribution in [0.15, 0.2) is 40.8 Å². The number of hydrogen-bond acceptors (Lipinski definition) is 7. The molecule has 158 valence electrons. The van der Waals surface area contributed by atoms with Gasteiger partial charge in [0.1, 0.15) is 0 Å². The molecule has 0 saturated heterocycles. The SMILES string of the molecule is CCOc1cc(-c2nnc(NC(=O)c3ccccc3C)o2)cc(OCC)c1OCC. The molecule has 0 saturated carbocycles. The molecule has 1 heterocycles. The van der Waals surface area contributed by atoms with Gasteiger partial charge in [-0.1, -0.05) is 23.3 Å². The Morgan fingerprint density at radius 3 is 2.20 bits per heavy atom. The number of amides is 1. The van der Waals surface area contributed by atoms with Crippen LogP contribution in [-0.4, -0.2) is 35.9 Å². The Bertz CT molecular complexity index is 989. The third-order valence-corrected chi connectivity index (χ3v) is 4.19. The minimum Gasteiger partial charge on any atom is -0.490 e. The van der Waals surface area contributed by atoms with Gasteiger partial charge >= 0.3 is 6.01 Å². The maximum atomic E-state index is 12.5. The van der Waals surface area contributed by atoms with Crippen molar-refractivity contribution >= 4 is 11.9 Å². The predicted molar refractivity (Wildman–Crippen MR) is 112 cm³/mol. The Balaban J connectivity index is 1.90. The quantitative estimate of drug-likeness (QED) is 0.554. The van der Waals surface area contributed by atoms with Gasteiger partial charge in [0.2, 0.25) is 11.6 Å². The Morgan fingerprint density at radius 2 is 1.60 bits per heavy atom. The number of ether oxygens (including phenoxy) is 3. The second kappa shape index (κ2) is 9.78. The van der Waals surface area contributed by atoms with Crippen LogP contribution in [0.3, 0.4) is 0 Å². The highest BCUT2D eigenvalue weighted by molar-refractivity contribution is 6.04. The monoisotopic (exact) mass is 411 g/mol. The fourth-order valence-corrected chi connectivity index (χ4v) is 2.89. The molecule has 0 atom stereocenters. The molecule has 3 rings (SSSR count). The van der Waals surface area contributed by atoms with E-state index < -0.39 is 0 Å². The lowest BCUT2D eigenvalue weighted by Crippen LogP contribution is -2.13. The summed E-state index contributed by atoms with van der Waals surface area (Å²) in [5.41, 5.74) is 1.98.